The summed E-state index contributed by atoms with van der Waals surface area (Å²) in [7, 11) is 0. The van der Waals surface area contributed by atoms with Crippen LogP contribution in [0.5, 0.6) is 5.88 Å². The summed E-state index contributed by atoms with van der Waals surface area (Å²) in [5.41, 5.74) is 8.60. The molecule has 0 radical (unpaired) electrons. The van der Waals surface area contributed by atoms with Gasteiger partial charge < -0.3 is 10.5 Å². The number of nitriles is 1. The number of benzene rings is 2. The average Bonchev–Trinajstić information content (AvgIpc) is 3.05. The predicted molar refractivity (Wildman–Crippen MR) is 89.7 cm³/mol. The van der Waals surface area contributed by atoms with Crippen molar-refractivity contribution < 1.29 is 13.5 Å². The van der Waals surface area contributed by atoms with Crippen LogP contribution in [0.1, 0.15) is 17.0 Å². The third-order valence-electron chi connectivity index (χ3n) is 4.28. The molecule has 0 aliphatic carbocycles. The number of aromatic amines is 1. The summed E-state index contributed by atoms with van der Waals surface area (Å²) in [6, 6.07) is 13.7. The van der Waals surface area contributed by atoms with Crippen LogP contribution in [0, 0.1) is 23.0 Å². The number of hydrogen-bond acceptors (Lipinski definition) is 4. The lowest BCUT2D eigenvalue weighted by Gasteiger charge is -2.24. The lowest BCUT2D eigenvalue weighted by molar-refractivity contribution is 0.379. The number of halogens is 2. The molecule has 128 valence electrons. The van der Waals surface area contributed by atoms with Gasteiger partial charge >= 0.3 is 0 Å². The fraction of sp³-hybridized carbons (Fsp3) is 0.0526. The molecule has 1 aromatic heterocycles. The van der Waals surface area contributed by atoms with Crippen LogP contribution in [0.25, 0.3) is 11.3 Å². The van der Waals surface area contributed by atoms with E-state index in [9.17, 15) is 14.0 Å². The maximum absolute atomic E-state index is 13.3. The van der Waals surface area contributed by atoms with E-state index in [4.69, 9.17) is 10.5 Å². The molecule has 1 atom stereocenters. The smallest absolute Gasteiger partial charge is 0.244 e. The summed E-state index contributed by atoms with van der Waals surface area (Å²) < 4.78 is 32.1. The van der Waals surface area contributed by atoms with Crippen LogP contribution in [0.15, 0.2) is 60.0 Å². The molecule has 0 fully saturated rings. The number of H-pyrrole nitrogens is 1. The molecule has 0 bridgehead atoms. The van der Waals surface area contributed by atoms with Crippen LogP contribution in [0.2, 0.25) is 0 Å². The van der Waals surface area contributed by atoms with E-state index < -0.39 is 5.92 Å². The summed E-state index contributed by atoms with van der Waals surface area (Å²) in [5.74, 6) is -1.15. The van der Waals surface area contributed by atoms with Gasteiger partial charge in [-0.1, -0.05) is 12.1 Å². The van der Waals surface area contributed by atoms with Crippen molar-refractivity contribution in [3.05, 3.63) is 82.7 Å². The van der Waals surface area contributed by atoms with E-state index in [-0.39, 0.29) is 29.0 Å². The van der Waals surface area contributed by atoms with Gasteiger partial charge in [0.15, 0.2) is 0 Å². The standard InChI is InChI=1S/C19H12F2N4O/c20-12-5-1-10(2-6-12)15-14(9-22)18(23)26-19-16(15)17(24-25-19)11-3-7-13(21)8-4-11/h1-8,15H,23H2,(H,24,25). The number of fused-ring (bicyclic) bond motifs is 1. The number of rotatable bonds is 2. The van der Waals surface area contributed by atoms with Gasteiger partial charge in [-0.05, 0) is 42.0 Å². The summed E-state index contributed by atoms with van der Waals surface area (Å²) in [6.45, 7) is 0. The molecular formula is C19H12F2N4O. The molecule has 0 spiro atoms. The quantitative estimate of drug-likeness (QED) is 0.739. The fourth-order valence-electron chi connectivity index (χ4n) is 3.07. The van der Waals surface area contributed by atoms with E-state index in [0.717, 1.165) is 0 Å². The van der Waals surface area contributed by atoms with Gasteiger partial charge in [0.2, 0.25) is 11.8 Å². The zero-order valence-corrected chi connectivity index (χ0v) is 13.3. The topological polar surface area (TPSA) is 87.7 Å². The minimum Gasteiger partial charge on any atom is -0.420 e. The number of nitrogens with two attached hydrogens (primary N) is 1. The maximum Gasteiger partial charge on any atom is 0.244 e. The van der Waals surface area contributed by atoms with E-state index in [2.05, 4.69) is 16.3 Å². The third-order valence-corrected chi connectivity index (χ3v) is 4.28. The van der Waals surface area contributed by atoms with E-state index in [1.165, 1.54) is 24.3 Å². The van der Waals surface area contributed by atoms with Crippen molar-refractivity contribution in [2.75, 3.05) is 0 Å². The number of allylic oxidation sites excluding steroid dienone is 1. The predicted octanol–water partition coefficient (Wildman–Crippen LogP) is 3.57. The second-order valence-corrected chi connectivity index (χ2v) is 5.80. The van der Waals surface area contributed by atoms with Crippen molar-refractivity contribution >= 4 is 0 Å². The third kappa shape index (κ3) is 2.48. The van der Waals surface area contributed by atoms with Crippen LogP contribution < -0.4 is 10.5 Å². The number of nitrogens with one attached hydrogen (secondary N) is 1. The van der Waals surface area contributed by atoms with Crippen LogP contribution >= 0.6 is 0 Å². The Morgan fingerprint density at radius 3 is 2.27 bits per heavy atom. The zero-order chi connectivity index (χ0) is 18.3. The minimum atomic E-state index is -0.580. The molecule has 1 aliphatic heterocycles. The van der Waals surface area contributed by atoms with E-state index in [1.54, 1.807) is 24.3 Å². The number of aromatic nitrogens is 2. The van der Waals surface area contributed by atoms with Crippen LogP contribution in [-0.2, 0) is 0 Å². The molecule has 26 heavy (non-hydrogen) atoms. The van der Waals surface area contributed by atoms with Crippen LogP contribution in [0.4, 0.5) is 8.78 Å². The van der Waals surface area contributed by atoms with Gasteiger partial charge in [-0.2, -0.15) is 5.26 Å². The Balaban J connectivity index is 1.93. The van der Waals surface area contributed by atoms with Gasteiger partial charge in [0.05, 0.1) is 17.2 Å². The molecule has 3 aromatic rings. The first-order valence-electron chi connectivity index (χ1n) is 7.75. The highest BCUT2D eigenvalue weighted by molar-refractivity contribution is 5.70. The van der Waals surface area contributed by atoms with E-state index in [0.29, 0.717) is 22.4 Å². The molecule has 2 aromatic carbocycles. The molecule has 7 heteroatoms. The highest BCUT2D eigenvalue weighted by Crippen LogP contribution is 2.45. The molecule has 1 unspecified atom stereocenters. The van der Waals surface area contributed by atoms with Gasteiger partial charge in [0.1, 0.15) is 23.3 Å². The zero-order valence-electron chi connectivity index (χ0n) is 13.3. The van der Waals surface area contributed by atoms with Crippen molar-refractivity contribution in [2.24, 2.45) is 5.73 Å². The van der Waals surface area contributed by atoms with Crippen LogP contribution in [0.3, 0.4) is 0 Å². The SMILES string of the molecule is N#CC1=C(N)Oc2n[nH]c(-c3ccc(F)cc3)c2C1c1ccc(F)cc1. The normalized spacial score (nSPS) is 16.0. The van der Waals surface area contributed by atoms with Crippen molar-refractivity contribution in [3.8, 4) is 23.2 Å². The molecular weight excluding hydrogens is 338 g/mol. The minimum absolute atomic E-state index is 0.0496. The Bertz CT molecular complexity index is 1050. The Hall–Kier alpha value is -3.66. The molecule has 2 heterocycles. The molecule has 5 nitrogen and oxygen atoms in total. The molecule has 4 rings (SSSR count). The summed E-state index contributed by atoms with van der Waals surface area (Å²) in [4.78, 5) is 0. The van der Waals surface area contributed by atoms with Crippen molar-refractivity contribution in [1.29, 1.82) is 5.26 Å². The first-order chi connectivity index (χ1) is 12.6. The largest absolute Gasteiger partial charge is 0.420 e. The maximum atomic E-state index is 13.3. The Morgan fingerprint density at radius 2 is 1.65 bits per heavy atom. The Kier molecular flexibility index (Phi) is 3.66. The molecule has 0 saturated heterocycles. The number of nitrogens with zero attached hydrogens (tertiary/aromatic N) is 2. The van der Waals surface area contributed by atoms with Gasteiger partial charge in [-0.15, -0.1) is 5.10 Å². The first kappa shape index (κ1) is 15.8. The van der Waals surface area contributed by atoms with Gasteiger partial charge in [-0.25, -0.2) is 8.78 Å². The lowest BCUT2D eigenvalue weighted by atomic mass is 9.83. The number of hydrogen-bond donors (Lipinski definition) is 2. The Labute approximate surface area is 147 Å². The summed E-state index contributed by atoms with van der Waals surface area (Å²) in [6.07, 6.45) is 0. The van der Waals surface area contributed by atoms with E-state index in [1.807, 2.05) is 0 Å². The van der Waals surface area contributed by atoms with Gasteiger partial charge in [0, 0.05) is 5.56 Å². The molecule has 1 aliphatic rings. The second-order valence-electron chi connectivity index (χ2n) is 5.80. The second kappa shape index (κ2) is 6.01. The summed E-state index contributed by atoms with van der Waals surface area (Å²) in [5, 5.41) is 16.6. The van der Waals surface area contributed by atoms with E-state index >= 15 is 0 Å². The monoisotopic (exact) mass is 350 g/mol. The molecule has 3 N–H and O–H groups in total. The average molecular weight is 350 g/mol. The first-order valence-corrected chi connectivity index (χ1v) is 7.75. The van der Waals surface area contributed by atoms with Crippen molar-refractivity contribution in [3.63, 3.8) is 0 Å². The lowest BCUT2D eigenvalue weighted by Crippen LogP contribution is -2.21. The summed E-state index contributed by atoms with van der Waals surface area (Å²) >= 11 is 0. The van der Waals surface area contributed by atoms with Crippen LogP contribution in [-0.4, -0.2) is 10.2 Å². The Morgan fingerprint density at radius 1 is 1.04 bits per heavy atom. The molecule has 0 saturated carbocycles. The van der Waals surface area contributed by atoms with Crippen molar-refractivity contribution in [2.45, 2.75) is 5.92 Å². The van der Waals surface area contributed by atoms with Gasteiger partial charge in [-0.3, -0.25) is 5.10 Å². The van der Waals surface area contributed by atoms with Gasteiger partial charge in [0.25, 0.3) is 0 Å². The van der Waals surface area contributed by atoms with Crippen molar-refractivity contribution in [1.82, 2.24) is 10.2 Å². The highest BCUT2D eigenvalue weighted by Gasteiger charge is 2.35. The number of ether oxygens (including phenoxy) is 1. The highest BCUT2D eigenvalue weighted by atomic mass is 19.1. The molecule has 0 amide bonds. The fourth-order valence-corrected chi connectivity index (χ4v) is 3.07.